The topological polar surface area (TPSA) is 12.5 Å². The van der Waals surface area contributed by atoms with Gasteiger partial charge in [-0.1, -0.05) is 0 Å². The molecule has 0 bridgehead atoms. The van der Waals surface area contributed by atoms with Gasteiger partial charge >= 0.3 is 0 Å². The number of rotatable bonds is 1. The van der Waals surface area contributed by atoms with Crippen LogP contribution in [-0.2, 0) is 4.74 Å². The van der Waals surface area contributed by atoms with Crippen molar-refractivity contribution < 1.29 is 4.74 Å². The van der Waals surface area contributed by atoms with Crippen LogP contribution in [-0.4, -0.2) is 24.6 Å². The molecule has 0 radical (unpaired) electrons. The molecule has 2 saturated heterocycles. The van der Waals surface area contributed by atoms with Crippen LogP contribution in [0.2, 0.25) is 0 Å². The lowest BCUT2D eigenvalue weighted by Gasteiger charge is -2.25. The predicted octanol–water partition coefficient (Wildman–Crippen LogP) is 2.12. The minimum atomic E-state index is 0.930. The maximum atomic E-state index is 5.48. The van der Waals surface area contributed by atoms with Gasteiger partial charge in [0.25, 0.3) is 0 Å². The summed E-state index contributed by atoms with van der Waals surface area (Å²) in [4.78, 5) is 2.41. The van der Waals surface area contributed by atoms with E-state index in [1.165, 1.54) is 44.5 Å². The number of piperidine rings is 1. The van der Waals surface area contributed by atoms with Gasteiger partial charge in [-0.15, -0.1) is 0 Å². The van der Waals surface area contributed by atoms with Crippen LogP contribution in [0.5, 0.6) is 0 Å². The third-order valence-corrected chi connectivity index (χ3v) is 2.57. The maximum Gasteiger partial charge on any atom is 0.112 e. The highest BCUT2D eigenvalue weighted by molar-refractivity contribution is 4.96. The summed E-state index contributed by atoms with van der Waals surface area (Å²) in [6, 6.07) is 0. The average molecular weight is 167 g/mol. The number of nitrogens with zero attached hydrogens (tertiary/aromatic N) is 1. The molecule has 2 fully saturated rings. The van der Waals surface area contributed by atoms with Gasteiger partial charge in [-0.25, -0.2) is 0 Å². The molecule has 0 aromatic heterocycles. The van der Waals surface area contributed by atoms with Crippen molar-refractivity contribution in [1.29, 1.82) is 0 Å². The van der Waals surface area contributed by atoms with Gasteiger partial charge in [0.15, 0.2) is 0 Å². The third-order valence-electron chi connectivity index (χ3n) is 2.57. The highest BCUT2D eigenvalue weighted by Gasteiger charge is 2.11. The second-order valence-electron chi connectivity index (χ2n) is 3.64. The van der Waals surface area contributed by atoms with Gasteiger partial charge in [-0.3, -0.25) is 0 Å². The fraction of sp³-hybridized carbons (Fsp3) is 0.800. The van der Waals surface area contributed by atoms with E-state index in [4.69, 9.17) is 4.74 Å². The van der Waals surface area contributed by atoms with Crippen LogP contribution in [0.1, 0.15) is 32.1 Å². The summed E-state index contributed by atoms with van der Waals surface area (Å²) in [7, 11) is 0. The van der Waals surface area contributed by atoms with E-state index in [0.29, 0.717) is 0 Å². The molecule has 68 valence electrons. The van der Waals surface area contributed by atoms with Crippen molar-refractivity contribution in [1.82, 2.24) is 4.90 Å². The fourth-order valence-electron chi connectivity index (χ4n) is 1.87. The van der Waals surface area contributed by atoms with Crippen molar-refractivity contribution in [2.75, 3.05) is 19.7 Å². The van der Waals surface area contributed by atoms with Crippen molar-refractivity contribution in [2.24, 2.45) is 0 Å². The van der Waals surface area contributed by atoms with Crippen molar-refractivity contribution in [2.45, 2.75) is 32.1 Å². The lowest BCUT2D eigenvalue weighted by Crippen LogP contribution is -2.24. The molecule has 2 nitrogen and oxygen atoms in total. The molecule has 0 amide bonds. The summed E-state index contributed by atoms with van der Waals surface area (Å²) in [6.07, 6.45) is 8.69. The molecular weight excluding hydrogens is 150 g/mol. The first-order valence-electron chi connectivity index (χ1n) is 5.03. The second kappa shape index (κ2) is 3.83. The third kappa shape index (κ3) is 1.93. The molecule has 2 rings (SSSR count). The van der Waals surface area contributed by atoms with Crippen molar-refractivity contribution >= 4 is 0 Å². The molecular formula is C10H17NO. The summed E-state index contributed by atoms with van der Waals surface area (Å²) in [5, 5.41) is 0. The Hall–Kier alpha value is -0.660. The minimum absolute atomic E-state index is 0.930. The summed E-state index contributed by atoms with van der Waals surface area (Å²) in [5.74, 6) is 1.21. The quantitative estimate of drug-likeness (QED) is 0.593. The van der Waals surface area contributed by atoms with E-state index >= 15 is 0 Å². The summed E-state index contributed by atoms with van der Waals surface area (Å²) in [5.41, 5.74) is 0. The summed E-state index contributed by atoms with van der Waals surface area (Å²) < 4.78 is 5.48. The van der Waals surface area contributed by atoms with Crippen LogP contribution in [0.3, 0.4) is 0 Å². The lowest BCUT2D eigenvalue weighted by atomic mass is 10.1. The van der Waals surface area contributed by atoms with Crippen molar-refractivity contribution in [3.05, 3.63) is 12.0 Å². The van der Waals surface area contributed by atoms with Gasteiger partial charge in [0.2, 0.25) is 0 Å². The molecule has 12 heavy (non-hydrogen) atoms. The summed E-state index contributed by atoms with van der Waals surface area (Å²) in [6.45, 7) is 3.39. The zero-order chi connectivity index (χ0) is 8.23. The molecule has 2 aliphatic rings. The van der Waals surface area contributed by atoms with Gasteiger partial charge in [-0.2, -0.15) is 0 Å². The van der Waals surface area contributed by atoms with Gasteiger partial charge in [0, 0.05) is 25.7 Å². The van der Waals surface area contributed by atoms with Crippen LogP contribution in [0, 0.1) is 0 Å². The van der Waals surface area contributed by atoms with Crippen LogP contribution in [0.15, 0.2) is 12.0 Å². The van der Waals surface area contributed by atoms with Crippen molar-refractivity contribution in [3.63, 3.8) is 0 Å². The molecule has 0 unspecified atom stereocenters. The molecule has 2 heterocycles. The molecule has 0 aromatic rings. The Morgan fingerprint density at radius 2 is 1.92 bits per heavy atom. The first kappa shape index (κ1) is 7.96. The SMILES string of the molecule is C(=C1/CCCO1)/N1CCCCC1. The van der Waals surface area contributed by atoms with Gasteiger partial charge < -0.3 is 9.64 Å². The van der Waals surface area contributed by atoms with Crippen LogP contribution >= 0.6 is 0 Å². The second-order valence-corrected chi connectivity index (χ2v) is 3.64. The standard InChI is InChI=1S/C10H17NO/c1-2-6-11(7-3-1)9-10-5-4-8-12-10/h9H,1-8H2/b10-9+. The zero-order valence-electron chi connectivity index (χ0n) is 7.59. The van der Waals surface area contributed by atoms with Crippen LogP contribution in [0.4, 0.5) is 0 Å². The smallest absolute Gasteiger partial charge is 0.112 e. The van der Waals surface area contributed by atoms with E-state index in [9.17, 15) is 0 Å². The fourth-order valence-corrected chi connectivity index (χ4v) is 1.87. The Labute approximate surface area is 74.2 Å². The number of ether oxygens (including phenoxy) is 1. The monoisotopic (exact) mass is 167 g/mol. The predicted molar refractivity (Wildman–Crippen MR) is 48.7 cm³/mol. The van der Waals surface area contributed by atoms with Gasteiger partial charge in [0.05, 0.1) is 6.61 Å². The molecule has 0 aromatic carbocycles. The van der Waals surface area contributed by atoms with Gasteiger partial charge in [0.1, 0.15) is 5.76 Å². The molecule has 0 saturated carbocycles. The molecule has 0 atom stereocenters. The molecule has 0 N–H and O–H groups in total. The Kier molecular flexibility index (Phi) is 2.54. The highest BCUT2D eigenvalue weighted by atomic mass is 16.5. The molecule has 0 aliphatic carbocycles. The molecule has 2 heteroatoms. The van der Waals surface area contributed by atoms with E-state index in [1.54, 1.807) is 0 Å². The Morgan fingerprint density at radius 3 is 2.58 bits per heavy atom. The average Bonchev–Trinajstić information content (AvgIpc) is 2.59. The van der Waals surface area contributed by atoms with E-state index in [0.717, 1.165) is 13.0 Å². The van der Waals surface area contributed by atoms with Crippen molar-refractivity contribution in [3.8, 4) is 0 Å². The first-order valence-corrected chi connectivity index (χ1v) is 5.03. The Morgan fingerprint density at radius 1 is 1.08 bits per heavy atom. The number of allylic oxidation sites excluding steroid dienone is 1. The largest absolute Gasteiger partial charge is 0.496 e. The lowest BCUT2D eigenvalue weighted by molar-refractivity contribution is 0.240. The van der Waals surface area contributed by atoms with Crippen LogP contribution < -0.4 is 0 Å². The molecule has 0 spiro atoms. The minimum Gasteiger partial charge on any atom is -0.496 e. The van der Waals surface area contributed by atoms with Crippen LogP contribution in [0.25, 0.3) is 0 Å². The van der Waals surface area contributed by atoms with E-state index in [2.05, 4.69) is 11.1 Å². The summed E-state index contributed by atoms with van der Waals surface area (Å²) >= 11 is 0. The normalized spacial score (nSPS) is 27.7. The number of hydrogen-bond donors (Lipinski definition) is 0. The number of likely N-dealkylation sites (tertiary alicyclic amines) is 1. The Bertz CT molecular complexity index is 163. The Balaban J connectivity index is 1.86. The van der Waals surface area contributed by atoms with Gasteiger partial charge in [-0.05, 0) is 25.7 Å². The van der Waals surface area contributed by atoms with E-state index in [1.807, 2.05) is 0 Å². The first-order chi connectivity index (χ1) is 5.95. The maximum absolute atomic E-state index is 5.48. The number of hydrogen-bond acceptors (Lipinski definition) is 2. The molecule has 2 aliphatic heterocycles. The van der Waals surface area contributed by atoms with E-state index in [-0.39, 0.29) is 0 Å². The zero-order valence-corrected chi connectivity index (χ0v) is 7.59. The van der Waals surface area contributed by atoms with E-state index < -0.39 is 0 Å². The highest BCUT2D eigenvalue weighted by Crippen LogP contribution is 2.18.